The highest BCUT2D eigenvalue weighted by Crippen LogP contribution is 2.27. The van der Waals surface area contributed by atoms with E-state index in [-0.39, 0.29) is 17.4 Å². The fourth-order valence-electron chi connectivity index (χ4n) is 2.44. The van der Waals surface area contributed by atoms with Crippen LogP contribution in [-0.4, -0.2) is 38.2 Å². The van der Waals surface area contributed by atoms with Crippen LogP contribution in [0.1, 0.15) is 5.56 Å². The number of primary amides is 1. The van der Waals surface area contributed by atoms with Crippen LogP contribution in [0.5, 0.6) is 0 Å². The molecule has 2 aromatic carbocycles. The number of aryl methyl sites for hydroxylation is 1. The second-order valence-corrected chi connectivity index (χ2v) is 8.09. The first-order valence-corrected chi connectivity index (χ1v) is 10.6. The number of carbonyl (C=O) groups excluding carboxylic acids is 2. The number of carbonyl (C=O) groups is 2. The molecular formula is C19H20N6O2S2. The van der Waals surface area contributed by atoms with Crippen LogP contribution < -0.4 is 16.9 Å². The van der Waals surface area contributed by atoms with Crippen LogP contribution in [0.4, 0.5) is 5.69 Å². The molecule has 0 atom stereocenters. The van der Waals surface area contributed by atoms with Crippen LogP contribution in [0, 0.1) is 6.92 Å². The van der Waals surface area contributed by atoms with Gasteiger partial charge in [0.1, 0.15) is 0 Å². The smallest absolute Gasteiger partial charge is 0.234 e. The highest BCUT2D eigenvalue weighted by molar-refractivity contribution is 8.00. The van der Waals surface area contributed by atoms with Crippen LogP contribution >= 0.6 is 23.5 Å². The van der Waals surface area contributed by atoms with E-state index in [4.69, 9.17) is 11.6 Å². The molecule has 0 aliphatic rings. The van der Waals surface area contributed by atoms with Crippen molar-refractivity contribution in [3.05, 3.63) is 54.1 Å². The normalized spacial score (nSPS) is 10.7. The molecule has 0 unspecified atom stereocenters. The molecule has 0 saturated carbocycles. The van der Waals surface area contributed by atoms with E-state index < -0.39 is 5.91 Å². The molecule has 0 saturated heterocycles. The van der Waals surface area contributed by atoms with E-state index in [1.54, 1.807) is 12.1 Å². The molecule has 1 aromatic heterocycles. The number of hydrogen-bond donors (Lipinski definition) is 3. The Bertz CT molecular complexity index is 1020. The number of para-hydroxylation sites is 1. The zero-order valence-electron chi connectivity index (χ0n) is 15.7. The quantitative estimate of drug-likeness (QED) is 0.371. The van der Waals surface area contributed by atoms with Crippen molar-refractivity contribution >= 4 is 41.0 Å². The summed E-state index contributed by atoms with van der Waals surface area (Å²) < 4.78 is 1.37. The molecule has 8 nitrogen and oxygen atoms in total. The Morgan fingerprint density at radius 3 is 2.48 bits per heavy atom. The second-order valence-electron chi connectivity index (χ2n) is 6.13. The average Bonchev–Trinajstić information content (AvgIpc) is 3.07. The summed E-state index contributed by atoms with van der Waals surface area (Å²) >= 11 is 2.46. The van der Waals surface area contributed by atoms with Crippen molar-refractivity contribution in [1.29, 1.82) is 0 Å². The summed E-state index contributed by atoms with van der Waals surface area (Å²) in [5.41, 5.74) is 7.80. The van der Waals surface area contributed by atoms with E-state index in [0.717, 1.165) is 16.0 Å². The molecular weight excluding hydrogens is 408 g/mol. The largest absolute Gasteiger partial charge is 0.369 e. The van der Waals surface area contributed by atoms with Gasteiger partial charge in [-0.15, -0.1) is 22.0 Å². The van der Waals surface area contributed by atoms with Crippen LogP contribution in [-0.2, 0) is 9.59 Å². The highest BCUT2D eigenvalue weighted by atomic mass is 32.2. The molecule has 5 N–H and O–H groups in total. The minimum Gasteiger partial charge on any atom is -0.369 e. The zero-order valence-corrected chi connectivity index (χ0v) is 17.3. The first kappa shape index (κ1) is 20.7. The number of nitrogens with one attached hydrogen (secondary N) is 1. The molecule has 29 heavy (non-hydrogen) atoms. The Balaban J connectivity index is 1.62. The number of hydrogen-bond acceptors (Lipinski definition) is 7. The van der Waals surface area contributed by atoms with Gasteiger partial charge >= 0.3 is 0 Å². The van der Waals surface area contributed by atoms with Gasteiger partial charge in [-0.2, -0.15) is 0 Å². The number of nitrogen functional groups attached to an aromatic ring is 1. The van der Waals surface area contributed by atoms with E-state index in [9.17, 15) is 9.59 Å². The Hall–Kier alpha value is -2.98. The first-order chi connectivity index (χ1) is 13.9. The predicted octanol–water partition coefficient (Wildman–Crippen LogP) is 2.28. The van der Waals surface area contributed by atoms with Crippen molar-refractivity contribution in [2.24, 2.45) is 5.73 Å². The Morgan fingerprint density at radius 1 is 1.03 bits per heavy atom. The van der Waals surface area contributed by atoms with E-state index in [2.05, 4.69) is 15.5 Å². The van der Waals surface area contributed by atoms with E-state index >= 15 is 0 Å². The third-order valence-corrected chi connectivity index (χ3v) is 5.88. The lowest BCUT2D eigenvalue weighted by molar-refractivity contribution is -0.115. The third kappa shape index (κ3) is 5.52. The van der Waals surface area contributed by atoms with Gasteiger partial charge in [-0.05, 0) is 19.1 Å². The molecule has 0 bridgehead atoms. The number of nitrogens with zero attached hydrogens (tertiary/aromatic N) is 3. The number of aromatic nitrogens is 3. The lowest BCUT2D eigenvalue weighted by atomic mass is 10.1. The summed E-state index contributed by atoms with van der Waals surface area (Å²) in [5.74, 6) is 6.23. The lowest BCUT2D eigenvalue weighted by Gasteiger charge is -2.10. The van der Waals surface area contributed by atoms with Gasteiger partial charge in [-0.25, -0.2) is 4.68 Å². The van der Waals surface area contributed by atoms with Gasteiger partial charge in [-0.3, -0.25) is 9.59 Å². The van der Waals surface area contributed by atoms with Crippen molar-refractivity contribution < 1.29 is 9.59 Å². The fraction of sp³-hybridized carbons (Fsp3) is 0.158. The summed E-state index contributed by atoms with van der Waals surface area (Å²) in [5, 5.41) is 11.5. The van der Waals surface area contributed by atoms with Crippen LogP contribution in [0.25, 0.3) is 11.4 Å². The SMILES string of the molecule is Cc1ccc(-c2nnc(SCC(=O)Nc3ccccc3SCC(N)=O)n2N)cc1. The Morgan fingerprint density at radius 2 is 1.76 bits per heavy atom. The van der Waals surface area contributed by atoms with E-state index in [0.29, 0.717) is 16.7 Å². The third-order valence-electron chi connectivity index (χ3n) is 3.84. The molecule has 150 valence electrons. The minimum atomic E-state index is -0.418. The number of thioether (sulfide) groups is 2. The standard InChI is InChI=1S/C19H20N6O2S2/c1-12-6-8-13(9-7-12)18-23-24-19(25(18)21)29-11-17(27)22-14-4-2-3-5-15(14)28-10-16(20)26/h2-9H,10-11,21H2,1H3,(H2,20,26)(H,22,27). The Labute approximate surface area is 176 Å². The number of amides is 2. The highest BCUT2D eigenvalue weighted by Gasteiger charge is 2.14. The molecule has 2 amide bonds. The van der Waals surface area contributed by atoms with Crippen molar-refractivity contribution in [3.8, 4) is 11.4 Å². The molecule has 3 aromatic rings. The van der Waals surface area contributed by atoms with Gasteiger partial charge in [-0.1, -0.05) is 53.7 Å². The molecule has 0 spiro atoms. The van der Waals surface area contributed by atoms with E-state index in [1.807, 2.05) is 43.3 Å². The maximum atomic E-state index is 12.4. The number of anilines is 1. The minimum absolute atomic E-state index is 0.109. The summed E-state index contributed by atoms with van der Waals surface area (Å²) in [6.45, 7) is 2.00. The number of nitrogens with two attached hydrogens (primary N) is 2. The van der Waals surface area contributed by atoms with Gasteiger partial charge in [0.15, 0.2) is 5.82 Å². The van der Waals surface area contributed by atoms with Gasteiger partial charge in [0.05, 0.1) is 17.2 Å². The average molecular weight is 429 g/mol. The Kier molecular flexibility index (Phi) is 6.78. The molecule has 0 radical (unpaired) electrons. The number of benzene rings is 2. The monoisotopic (exact) mass is 428 g/mol. The summed E-state index contributed by atoms with van der Waals surface area (Å²) in [6, 6.07) is 15.0. The maximum Gasteiger partial charge on any atom is 0.234 e. The van der Waals surface area contributed by atoms with Gasteiger partial charge < -0.3 is 16.9 Å². The van der Waals surface area contributed by atoms with Gasteiger partial charge in [0.25, 0.3) is 0 Å². The van der Waals surface area contributed by atoms with Crippen molar-refractivity contribution in [2.45, 2.75) is 17.0 Å². The van der Waals surface area contributed by atoms with Crippen LogP contribution in [0.15, 0.2) is 58.6 Å². The van der Waals surface area contributed by atoms with Crippen LogP contribution in [0.3, 0.4) is 0 Å². The topological polar surface area (TPSA) is 129 Å². The van der Waals surface area contributed by atoms with Gasteiger partial charge in [0.2, 0.25) is 17.0 Å². The predicted molar refractivity (Wildman–Crippen MR) is 116 cm³/mol. The van der Waals surface area contributed by atoms with E-state index in [1.165, 1.54) is 28.2 Å². The molecule has 0 aliphatic carbocycles. The maximum absolute atomic E-state index is 12.4. The second kappa shape index (κ2) is 9.48. The fourth-order valence-corrected chi connectivity index (χ4v) is 3.84. The van der Waals surface area contributed by atoms with Crippen LogP contribution in [0.2, 0.25) is 0 Å². The zero-order chi connectivity index (χ0) is 20.8. The molecule has 1 heterocycles. The molecule has 0 aliphatic heterocycles. The van der Waals surface area contributed by atoms with Crippen molar-refractivity contribution in [3.63, 3.8) is 0 Å². The van der Waals surface area contributed by atoms with Crippen molar-refractivity contribution in [2.75, 3.05) is 22.7 Å². The molecule has 3 rings (SSSR count). The van der Waals surface area contributed by atoms with Crippen molar-refractivity contribution in [1.82, 2.24) is 14.9 Å². The molecule has 0 fully saturated rings. The molecule has 10 heteroatoms. The lowest BCUT2D eigenvalue weighted by Crippen LogP contribution is -2.17. The first-order valence-electron chi connectivity index (χ1n) is 8.64. The summed E-state index contributed by atoms with van der Waals surface area (Å²) in [7, 11) is 0. The summed E-state index contributed by atoms with van der Waals surface area (Å²) in [4.78, 5) is 24.1. The summed E-state index contributed by atoms with van der Waals surface area (Å²) in [6.07, 6.45) is 0. The number of rotatable bonds is 8. The van der Waals surface area contributed by atoms with Gasteiger partial charge in [0, 0.05) is 10.5 Å².